The van der Waals surface area contributed by atoms with Gasteiger partial charge in [0, 0.05) is 17.4 Å². The van der Waals surface area contributed by atoms with Gasteiger partial charge >= 0.3 is 0 Å². The van der Waals surface area contributed by atoms with Crippen molar-refractivity contribution in [3.05, 3.63) is 28.6 Å². The zero-order chi connectivity index (χ0) is 22.9. The maximum atomic E-state index is 12.5. The van der Waals surface area contributed by atoms with Crippen molar-refractivity contribution in [2.75, 3.05) is 31.0 Å². The lowest BCUT2D eigenvalue weighted by Crippen LogP contribution is -2.33. The summed E-state index contributed by atoms with van der Waals surface area (Å²) in [4.78, 5) is 23.6. The molecule has 2 aromatic heterocycles. The smallest absolute Gasteiger partial charge is 0.234 e. The maximum Gasteiger partial charge on any atom is 0.234 e. The summed E-state index contributed by atoms with van der Waals surface area (Å²) in [6.45, 7) is 4.81. The largest absolute Gasteiger partial charge is 0.497 e. The van der Waals surface area contributed by atoms with Crippen LogP contribution in [-0.4, -0.2) is 41.4 Å². The van der Waals surface area contributed by atoms with Crippen LogP contribution in [0.3, 0.4) is 0 Å². The highest BCUT2D eigenvalue weighted by Gasteiger charge is 2.33. The van der Waals surface area contributed by atoms with Gasteiger partial charge in [0.05, 0.1) is 43.3 Å². The van der Waals surface area contributed by atoms with E-state index in [0.717, 1.165) is 27.9 Å². The first kappa shape index (κ1) is 22.6. The van der Waals surface area contributed by atoms with E-state index in [-0.39, 0.29) is 17.3 Å². The summed E-state index contributed by atoms with van der Waals surface area (Å²) in [7, 11) is 3.12. The van der Waals surface area contributed by atoms with E-state index in [9.17, 15) is 4.79 Å². The molecular weight excluding hydrogens is 448 g/mol. The number of nitrogen functional groups attached to an aromatic ring is 1. The van der Waals surface area contributed by atoms with Crippen LogP contribution in [0.15, 0.2) is 23.4 Å². The standard InChI is InChI=1S/C22H26N4O4S2/c1-5-22(2)9-13-16(10-30-22)32-20-18(13)19(23)25-21(26-20)31-11-17(27)24-14-7-6-12(28-3)8-15(14)29-4/h6-8H,5,9-11H2,1-4H3,(H,24,27)(H2,23,25,26)/t22-/m0/s1. The average molecular weight is 475 g/mol. The molecule has 10 heteroatoms. The first-order valence-electron chi connectivity index (χ1n) is 10.2. The SMILES string of the molecule is CC[C@@]1(C)Cc2c(sc3nc(SCC(=O)Nc4ccc(OC)cc4OC)nc(N)c23)CO1. The van der Waals surface area contributed by atoms with Crippen molar-refractivity contribution in [1.82, 2.24) is 9.97 Å². The predicted octanol–water partition coefficient (Wildman–Crippen LogP) is 4.26. The molecule has 0 aliphatic carbocycles. The highest BCUT2D eigenvalue weighted by atomic mass is 32.2. The van der Waals surface area contributed by atoms with Crippen molar-refractivity contribution < 1.29 is 19.0 Å². The number of benzene rings is 1. The minimum atomic E-state index is -0.196. The summed E-state index contributed by atoms with van der Waals surface area (Å²) in [5, 5.41) is 4.25. The maximum absolute atomic E-state index is 12.5. The topological polar surface area (TPSA) is 109 Å². The molecule has 8 nitrogen and oxygen atoms in total. The fourth-order valence-electron chi connectivity index (χ4n) is 3.59. The summed E-state index contributed by atoms with van der Waals surface area (Å²) >= 11 is 2.83. The van der Waals surface area contributed by atoms with Gasteiger partial charge in [-0.1, -0.05) is 18.7 Å². The van der Waals surface area contributed by atoms with E-state index in [0.29, 0.717) is 34.8 Å². The van der Waals surface area contributed by atoms with Gasteiger partial charge in [-0.3, -0.25) is 4.79 Å². The number of aromatic nitrogens is 2. The molecule has 4 rings (SSSR count). The summed E-state index contributed by atoms with van der Waals surface area (Å²) in [5.74, 6) is 1.57. The Morgan fingerprint density at radius 1 is 1.34 bits per heavy atom. The number of nitrogens with two attached hydrogens (primary N) is 1. The zero-order valence-corrected chi connectivity index (χ0v) is 20.1. The van der Waals surface area contributed by atoms with Crippen LogP contribution in [0.2, 0.25) is 0 Å². The third kappa shape index (κ3) is 4.48. The molecule has 0 spiro atoms. The molecule has 1 aliphatic rings. The molecule has 3 heterocycles. The number of anilines is 2. The molecule has 32 heavy (non-hydrogen) atoms. The van der Waals surface area contributed by atoms with Crippen molar-refractivity contribution in [2.45, 2.75) is 44.1 Å². The average Bonchev–Trinajstić information content (AvgIpc) is 3.15. The molecule has 0 unspecified atom stereocenters. The summed E-state index contributed by atoms with van der Waals surface area (Å²) in [6.07, 6.45) is 1.72. The Balaban J connectivity index is 1.48. The molecule has 1 aromatic carbocycles. The van der Waals surface area contributed by atoms with Crippen molar-refractivity contribution in [3.8, 4) is 11.5 Å². The third-order valence-corrected chi connectivity index (χ3v) is 7.55. The number of hydrogen-bond donors (Lipinski definition) is 2. The first-order valence-corrected chi connectivity index (χ1v) is 12.0. The van der Waals surface area contributed by atoms with E-state index in [4.69, 9.17) is 19.9 Å². The fourth-order valence-corrected chi connectivity index (χ4v) is 5.41. The molecule has 3 aromatic rings. The Bertz CT molecular complexity index is 1170. The second-order valence-electron chi connectivity index (χ2n) is 7.75. The number of carbonyl (C=O) groups is 1. The van der Waals surface area contributed by atoms with Gasteiger partial charge in [-0.05, 0) is 31.0 Å². The van der Waals surface area contributed by atoms with Crippen molar-refractivity contribution >= 4 is 50.7 Å². The second kappa shape index (κ2) is 9.13. The van der Waals surface area contributed by atoms with E-state index < -0.39 is 0 Å². The molecular formula is C22H26N4O4S2. The molecule has 0 radical (unpaired) electrons. The van der Waals surface area contributed by atoms with E-state index in [1.54, 1.807) is 43.8 Å². The molecule has 1 amide bonds. The van der Waals surface area contributed by atoms with E-state index >= 15 is 0 Å². The number of thiophene rings is 1. The first-order chi connectivity index (χ1) is 15.4. The van der Waals surface area contributed by atoms with Gasteiger partial charge in [0.15, 0.2) is 5.16 Å². The Morgan fingerprint density at radius 3 is 2.88 bits per heavy atom. The molecule has 3 N–H and O–H groups in total. The number of nitrogens with zero attached hydrogens (tertiary/aromatic N) is 2. The summed E-state index contributed by atoms with van der Waals surface area (Å²) < 4.78 is 16.6. The molecule has 0 bridgehead atoms. The minimum absolute atomic E-state index is 0.141. The zero-order valence-electron chi connectivity index (χ0n) is 18.5. The molecule has 0 saturated heterocycles. The van der Waals surface area contributed by atoms with Crippen LogP contribution in [0.1, 0.15) is 30.7 Å². The van der Waals surface area contributed by atoms with Gasteiger partial charge in [0.2, 0.25) is 5.91 Å². The van der Waals surface area contributed by atoms with E-state index in [1.165, 1.54) is 17.3 Å². The van der Waals surface area contributed by atoms with Crippen molar-refractivity contribution in [3.63, 3.8) is 0 Å². The number of thioether (sulfide) groups is 1. The Labute approximate surface area is 194 Å². The Morgan fingerprint density at radius 2 is 2.16 bits per heavy atom. The summed E-state index contributed by atoms with van der Waals surface area (Å²) in [6, 6.07) is 5.21. The molecule has 1 aliphatic heterocycles. The highest BCUT2D eigenvalue weighted by Crippen LogP contribution is 2.41. The van der Waals surface area contributed by atoms with Gasteiger partial charge in [-0.25, -0.2) is 9.97 Å². The van der Waals surface area contributed by atoms with Crippen LogP contribution in [0, 0.1) is 0 Å². The lowest BCUT2D eigenvalue weighted by molar-refractivity contribution is -0.113. The Hall–Kier alpha value is -2.56. The van der Waals surface area contributed by atoms with Crippen LogP contribution in [0.5, 0.6) is 11.5 Å². The number of nitrogens with one attached hydrogen (secondary N) is 1. The van der Waals surface area contributed by atoms with Gasteiger partial charge in [0.1, 0.15) is 22.1 Å². The minimum Gasteiger partial charge on any atom is -0.497 e. The Kier molecular flexibility index (Phi) is 6.45. The van der Waals surface area contributed by atoms with Crippen LogP contribution in [-0.2, 0) is 22.6 Å². The number of methoxy groups -OCH3 is 2. The molecule has 1 atom stereocenters. The number of ether oxygens (including phenoxy) is 3. The lowest BCUT2D eigenvalue weighted by Gasteiger charge is -2.33. The number of carbonyl (C=O) groups excluding carboxylic acids is 1. The van der Waals surface area contributed by atoms with Gasteiger partial charge in [0.25, 0.3) is 0 Å². The number of hydrogen-bond acceptors (Lipinski definition) is 9. The fraction of sp³-hybridized carbons (Fsp3) is 0.409. The number of rotatable bonds is 7. The predicted molar refractivity (Wildman–Crippen MR) is 128 cm³/mol. The number of amides is 1. The molecule has 0 fully saturated rings. The quantitative estimate of drug-likeness (QED) is 0.386. The van der Waals surface area contributed by atoms with E-state index in [2.05, 4.69) is 29.1 Å². The van der Waals surface area contributed by atoms with Gasteiger partial charge < -0.3 is 25.3 Å². The molecule has 0 saturated carbocycles. The monoisotopic (exact) mass is 474 g/mol. The van der Waals surface area contributed by atoms with E-state index in [1.807, 2.05) is 0 Å². The van der Waals surface area contributed by atoms with Crippen molar-refractivity contribution in [2.24, 2.45) is 0 Å². The highest BCUT2D eigenvalue weighted by molar-refractivity contribution is 7.99. The second-order valence-corrected chi connectivity index (χ2v) is 9.77. The number of fused-ring (bicyclic) bond motifs is 3. The summed E-state index contributed by atoms with van der Waals surface area (Å²) in [5.41, 5.74) is 7.89. The van der Waals surface area contributed by atoms with Crippen LogP contribution < -0.4 is 20.5 Å². The normalized spacial score (nSPS) is 17.8. The molecule has 170 valence electrons. The van der Waals surface area contributed by atoms with Crippen LogP contribution >= 0.6 is 23.1 Å². The third-order valence-electron chi connectivity index (χ3n) is 5.61. The lowest BCUT2D eigenvalue weighted by atomic mass is 9.90. The van der Waals surface area contributed by atoms with Crippen molar-refractivity contribution in [1.29, 1.82) is 0 Å². The van der Waals surface area contributed by atoms with Crippen LogP contribution in [0.25, 0.3) is 10.2 Å². The van der Waals surface area contributed by atoms with Crippen LogP contribution in [0.4, 0.5) is 11.5 Å². The van der Waals surface area contributed by atoms with Gasteiger partial charge in [-0.15, -0.1) is 11.3 Å². The van der Waals surface area contributed by atoms with Gasteiger partial charge in [-0.2, -0.15) is 0 Å².